The lowest BCUT2D eigenvalue weighted by atomic mass is 10.1. The summed E-state index contributed by atoms with van der Waals surface area (Å²) in [5.74, 6) is 0.226. The van der Waals surface area contributed by atoms with E-state index in [1.165, 1.54) is 35.2 Å². The molecule has 1 heterocycles. The highest BCUT2D eigenvalue weighted by molar-refractivity contribution is 7.07. The molecule has 2 aromatic carbocycles. The second-order valence-corrected chi connectivity index (χ2v) is 7.13. The number of Topliss-reactive ketones (excluding diaryl/α,β-unsaturated/α-hetero) is 1. The Morgan fingerprint density at radius 2 is 1.96 bits per heavy atom. The van der Waals surface area contributed by atoms with Crippen LogP contribution < -0.4 is 19.5 Å². The van der Waals surface area contributed by atoms with Gasteiger partial charge in [-0.1, -0.05) is 30.3 Å². The molecule has 0 unspecified atom stereocenters. The summed E-state index contributed by atoms with van der Waals surface area (Å²) in [6, 6.07) is 12.3. The average Bonchev–Trinajstić information content (AvgIpc) is 2.90. The Balaban J connectivity index is 2.07. The summed E-state index contributed by atoms with van der Waals surface area (Å²) < 4.78 is 7.52. The normalized spacial score (nSPS) is 12.4. The number of phenolic OH excluding ortho intramolecular Hbond substituents is 1. The van der Waals surface area contributed by atoms with Gasteiger partial charge in [-0.3, -0.25) is 9.59 Å². The van der Waals surface area contributed by atoms with E-state index < -0.39 is 0 Å². The van der Waals surface area contributed by atoms with E-state index in [0.717, 1.165) is 5.56 Å². The lowest BCUT2D eigenvalue weighted by Crippen LogP contribution is -2.29. The van der Waals surface area contributed by atoms with Crippen LogP contribution in [0.15, 0.2) is 47.3 Å². The monoisotopic (exact) mass is 381 g/mol. The van der Waals surface area contributed by atoms with Crippen LogP contribution in [0.1, 0.15) is 21.5 Å². The standard InChI is InChI=1S/C21H19NO4S/c1-13-6-4-5-7-15(13)16(23)12-20-22(2)21(25)19(27-20)11-14-8-9-18(26-3)17(24)10-14/h4-12,24H,1-3H3/b19-11-,20-12-. The van der Waals surface area contributed by atoms with E-state index in [9.17, 15) is 14.7 Å². The second-order valence-electron chi connectivity index (χ2n) is 6.07. The third-order valence-corrected chi connectivity index (χ3v) is 5.34. The fourth-order valence-corrected chi connectivity index (χ4v) is 3.73. The van der Waals surface area contributed by atoms with E-state index in [4.69, 9.17) is 4.74 Å². The SMILES string of the molecule is COc1ccc(/C=c2\s/c(=C\C(=O)c3ccccc3C)n(C)c2=O)cc1O. The maximum atomic E-state index is 12.6. The van der Waals surface area contributed by atoms with Crippen LogP contribution in [0, 0.1) is 6.92 Å². The van der Waals surface area contributed by atoms with Crippen molar-refractivity contribution in [1.29, 1.82) is 0 Å². The van der Waals surface area contributed by atoms with Gasteiger partial charge in [0, 0.05) is 18.7 Å². The molecule has 0 fully saturated rings. The molecule has 27 heavy (non-hydrogen) atoms. The maximum Gasteiger partial charge on any atom is 0.268 e. The number of carbonyl (C=O) groups excluding carboxylic acids is 1. The molecule has 0 radical (unpaired) electrons. The number of hydrogen-bond donors (Lipinski definition) is 1. The molecule has 0 saturated carbocycles. The number of benzene rings is 2. The summed E-state index contributed by atoms with van der Waals surface area (Å²) in [5, 5.41) is 9.89. The number of ether oxygens (including phenoxy) is 1. The number of methoxy groups -OCH3 is 1. The number of phenols is 1. The molecule has 3 aromatic rings. The summed E-state index contributed by atoms with van der Waals surface area (Å²) in [6.07, 6.45) is 3.17. The zero-order chi connectivity index (χ0) is 19.6. The molecule has 5 nitrogen and oxygen atoms in total. The summed E-state index contributed by atoms with van der Waals surface area (Å²) >= 11 is 1.23. The van der Waals surface area contributed by atoms with Gasteiger partial charge >= 0.3 is 0 Å². The van der Waals surface area contributed by atoms with Crippen molar-refractivity contribution in [3.8, 4) is 11.5 Å². The van der Waals surface area contributed by atoms with E-state index >= 15 is 0 Å². The predicted octanol–water partition coefficient (Wildman–Crippen LogP) is 1.96. The Labute approximate surface area is 160 Å². The minimum absolute atomic E-state index is 0.00106. The fourth-order valence-electron chi connectivity index (χ4n) is 2.70. The van der Waals surface area contributed by atoms with Crippen molar-refractivity contribution in [2.24, 2.45) is 7.05 Å². The first kappa shape index (κ1) is 18.7. The third kappa shape index (κ3) is 3.85. The van der Waals surface area contributed by atoms with Crippen LogP contribution in [0.3, 0.4) is 0 Å². The molecule has 0 saturated heterocycles. The smallest absolute Gasteiger partial charge is 0.268 e. The van der Waals surface area contributed by atoms with Crippen molar-refractivity contribution in [1.82, 2.24) is 4.57 Å². The molecule has 0 spiro atoms. The van der Waals surface area contributed by atoms with Crippen molar-refractivity contribution in [3.63, 3.8) is 0 Å². The van der Waals surface area contributed by atoms with Crippen molar-refractivity contribution in [2.75, 3.05) is 7.11 Å². The second kappa shape index (κ2) is 7.63. The number of carbonyl (C=O) groups is 1. The molecule has 0 amide bonds. The zero-order valence-corrected chi connectivity index (χ0v) is 16.0. The molecule has 0 aliphatic carbocycles. The highest BCUT2D eigenvalue weighted by Crippen LogP contribution is 2.26. The van der Waals surface area contributed by atoms with Crippen molar-refractivity contribution < 1.29 is 14.6 Å². The van der Waals surface area contributed by atoms with Crippen molar-refractivity contribution in [2.45, 2.75) is 6.92 Å². The van der Waals surface area contributed by atoms with Gasteiger partial charge in [0.25, 0.3) is 5.56 Å². The lowest BCUT2D eigenvalue weighted by Gasteiger charge is -2.02. The number of aryl methyl sites for hydroxylation is 1. The van der Waals surface area contributed by atoms with E-state index in [-0.39, 0.29) is 17.1 Å². The van der Waals surface area contributed by atoms with Crippen molar-refractivity contribution in [3.05, 3.63) is 78.7 Å². The summed E-state index contributed by atoms with van der Waals surface area (Å²) in [4.78, 5) is 25.1. The number of aromatic hydroxyl groups is 1. The zero-order valence-electron chi connectivity index (χ0n) is 15.2. The Morgan fingerprint density at radius 3 is 2.63 bits per heavy atom. The van der Waals surface area contributed by atoms with E-state index in [2.05, 4.69) is 0 Å². The van der Waals surface area contributed by atoms with E-state index in [1.807, 2.05) is 25.1 Å². The van der Waals surface area contributed by atoms with Gasteiger partial charge in [0.1, 0.15) is 4.66 Å². The van der Waals surface area contributed by atoms with Crippen LogP contribution >= 0.6 is 11.3 Å². The molecule has 0 bridgehead atoms. The topological polar surface area (TPSA) is 68.5 Å². The number of nitrogens with zero attached hydrogens (tertiary/aromatic N) is 1. The third-order valence-electron chi connectivity index (χ3n) is 4.23. The summed E-state index contributed by atoms with van der Waals surface area (Å²) in [7, 11) is 3.11. The first-order valence-corrected chi connectivity index (χ1v) is 9.08. The van der Waals surface area contributed by atoms with Gasteiger partial charge < -0.3 is 14.4 Å². The highest BCUT2D eigenvalue weighted by atomic mass is 32.1. The van der Waals surface area contributed by atoms with Gasteiger partial charge in [-0.25, -0.2) is 0 Å². The number of ketones is 1. The van der Waals surface area contributed by atoms with Crippen LogP contribution in [-0.2, 0) is 7.05 Å². The maximum absolute atomic E-state index is 12.6. The molecule has 1 aromatic heterocycles. The molecule has 1 N–H and O–H groups in total. The first-order valence-electron chi connectivity index (χ1n) is 8.27. The van der Waals surface area contributed by atoms with E-state index in [1.54, 1.807) is 31.3 Å². The number of hydrogen-bond acceptors (Lipinski definition) is 5. The number of rotatable bonds is 4. The average molecular weight is 381 g/mol. The van der Waals surface area contributed by atoms with Crippen LogP contribution in [0.25, 0.3) is 12.2 Å². The largest absolute Gasteiger partial charge is 0.504 e. The Morgan fingerprint density at radius 1 is 1.22 bits per heavy atom. The van der Waals surface area contributed by atoms with Crippen molar-refractivity contribution >= 4 is 29.3 Å². The Bertz CT molecular complexity index is 1190. The molecule has 6 heteroatoms. The quantitative estimate of drug-likeness (QED) is 0.702. The summed E-state index contributed by atoms with van der Waals surface area (Å²) in [5.41, 5.74) is 1.98. The van der Waals surface area contributed by atoms with Gasteiger partial charge in [-0.15, -0.1) is 11.3 Å². The predicted molar refractivity (Wildman–Crippen MR) is 107 cm³/mol. The lowest BCUT2D eigenvalue weighted by molar-refractivity contribution is 0.106. The first-order chi connectivity index (χ1) is 12.9. The van der Waals surface area contributed by atoms with Crippen LogP contribution in [-0.4, -0.2) is 22.6 Å². The minimum atomic E-state index is -0.195. The van der Waals surface area contributed by atoms with Crippen LogP contribution in [0.5, 0.6) is 11.5 Å². The molecule has 0 aliphatic heterocycles. The molecule has 0 aliphatic rings. The minimum Gasteiger partial charge on any atom is -0.504 e. The molecule has 0 atom stereocenters. The molecule has 138 valence electrons. The summed E-state index contributed by atoms with van der Waals surface area (Å²) in [6.45, 7) is 1.88. The van der Waals surface area contributed by atoms with Gasteiger partial charge in [0.15, 0.2) is 17.3 Å². The van der Waals surface area contributed by atoms with Gasteiger partial charge in [0.05, 0.1) is 11.6 Å². The number of aromatic nitrogens is 1. The van der Waals surface area contributed by atoms with Crippen LogP contribution in [0.4, 0.5) is 0 Å². The highest BCUT2D eigenvalue weighted by Gasteiger charge is 2.08. The molecular weight excluding hydrogens is 362 g/mol. The Kier molecular flexibility index (Phi) is 5.28. The van der Waals surface area contributed by atoms with Gasteiger partial charge in [-0.2, -0.15) is 0 Å². The number of thiazole rings is 1. The van der Waals surface area contributed by atoms with Gasteiger partial charge in [-0.05, 0) is 36.3 Å². The Hall–Kier alpha value is -3.12. The van der Waals surface area contributed by atoms with Crippen LogP contribution in [0.2, 0.25) is 0 Å². The van der Waals surface area contributed by atoms with E-state index in [0.29, 0.717) is 26.1 Å². The fraction of sp³-hybridized carbons (Fsp3) is 0.143. The van der Waals surface area contributed by atoms with Gasteiger partial charge in [0.2, 0.25) is 0 Å². The molecule has 3 rings (SSSR count). The molecular formula is C21H19NO4S.